The number of esters is 1. The highest BCUT2D eigenvalue weighted by Crippen LogP contribution is 2.25. The normalized spacial score (nSPS) is 13.9. The van der Waals surface area contributed by atoms with Gasteiger partial charge in [-0.2, -0.15) is 0 Å². The number of nitrogens with zero attached hydrogens (tertiary/aromatic N) is 1. The van der Waals surface area contributed by atoms with Crippen molar-refractivity contribution in [2.45, 2.75) is 40.2 Å². The highest BCUT2D eigenvalue weighted by atomic mass is 32.1. The molecule has 6 heteroatoms. The largest absolute Gasteiger partial charge is 0.468 e. The first-order valence-electron chi connectivity index (χ1n) is 5.88. The molecule has 0 aromatic rings. The van der Waals surface area contributed by atoms with E-state index in [2.05, 4.69) is 4.74 Å². The summed E-state index contributed by atoms with van der Waals surface area (Å²) in [6.45, 7) is 7.11. The van der Waals surface area contributed by atoms with E-state index in [4.69, 9.17) is 18.0 Å². The molecule has 104 valence electrons. The zero-order valence-corrected chi connectivity index (χ0v) is 12.5. The number of nitrogens with two attached hydrogens (primary N) is 1. The number of hydrogen-bond acceptors (Lipinski definition) is 4. The number of thiocarbonyl (C=S) groups is 1. The Morgan fingerprint density at radius 1 is 1.44 bits per heavy atom. The Morgan fingerprint density at radius 3 is 2.22 bits per heavy atom. The van der Waals surface area contributed by atoms with Crippen LogP contribution in [-0.4, -0.2) is 41.5 Å². The average Bonchev–Trinajstić information content (AvgIpc) is 2.32. The van der Waals surface area contributed by atoms with Gasteiger partial charge in [0.1, 0.15) is 6.54 Å². The summed E-state index contributed by atoms with van der Waals surface area (Å²) >= 11 is 4.97. The zero-order chi connectivity index (χ0) is 14.5. The molecule has 0 saturated carbocycles. The summed E-state index contributed by atoms with van der Waals surface area (Å²) in [5.74, 6) is -0.698. The van der Waals surface area contributed by atoms with Gasteiger partial charge in [0.15, 0.2) is 0 Å². The lowest BCUT2D eigenvalue weighted by atomic mass is 9.85. The number of hydrogen-bond donors (Lipinski definition) is 1. The molecule has 0 heterocycles. The summed E-state index contributed by atoms with van der Waals surface area (Å²) in [7, 11) is 1.29. The van der Waals surface area contributed by atoms with E-state index in [-0.39, 0.29) is 23.5 Å². The summed E-state index contributed by atoms with van der Waals surface area (Å²) in [4.78, 5) is 25.4. The van der Waals surface area contributed by atoms with Crippen molar-refractivity contribution in [1.29, 1.82) is 0 Å². The van der Waals surface area contributed by atoms with Crippen molar-refractivity contribution < 1.29 is 14.3 Å². The predicted octanol–water partition coefficient (Wildman–Crippen LogP) is 1.10. The molecule has 0 aromatic carbocycles. The first kappa shape index (κ1) is 16.8. The summed E-state index contributed by atoms with van der Waals surface area (Å²) in [6, 6.07) is -0.128. The van der Waals surface area contributed by atoms with Crippen molar-refractivity contribution in [3.8, 4) is 0 Å². The number of carbonyl (C=O) groups excluding carboxylic acids is 2. The van der Waals surface area contributed by atoms with E-state index < -0.39 is 11.4 Å². The standard InChI is InChI=1S/C12H22N2O3S/c1-6-12(4,10(13)18)11(16)14(8(2)3)7-9(15)17-5/h8H,6-7H2,1-5H3,(H2,13,18). The Kier molecular flexibility index (Phi) is 6.25. The number of rotatable bonds is 6. The molecule has 2 N–H and O–H groups in total. The maximum absolute atomic E-state index is 12.5. The molecule has 1 unspecified atom stereocenters. The van der Waals surface area contributed by atoms with Crippen molar-refractivity contribution in [2.75, 3.05) is 13.7 Å². The fourth-order valence-corrected chi connectivity index (χ4v) is 1.67. The van der Waals surface area contributed by atoms with Crippen LogP contribution in [0.5, 0.6) is 0 Å². The molecule has 0 aromatic heterocycles. The van der Waals surface area contributed by atoms with Crippen LogP contribution in [0.2, 0.25) is 0 Å². The minimum atomic E-state index is -0.923. The molecule has 0 bridgehead atoms. The lowest BCUT2D eigenvalue weighted by Crippen LogP contribution is -2.52. The monoisotopic (exact) mass is 274 g/mol. The third kappa shape index (κ3) is 3.66. The second-order valence-electron chi connectivity index (χ2n) is 4.65. The van der Waals surface area contributed by atoms with Crippen molar-refractivity contribution in [3.63, 3.8) is 0 Å². The number of carbonyl (C=O) groups is 2. The van der Waals surface area contributed by atoms with Crippen LogP contribution in [0.1, 0.15) is 34.1 Å². The molecule has 1 atom stereocenters. The summed E-state index contributed by atoms with van der Waals surface area (Å²) in [5, 5.41) is 0. The van der Waals surface area contributed by atoms with E-state index in [0.29, 0.717) is 6.42 Å². The Hall–Kier alpha value is -1.17. The van der Waals surface area contributed by atoms with Crippen molar-refractivity contribution in [3.05, 3.63) is 0 Å². The average molecular weight is 274 g/mol. The van der Waals surface area contributed by atoms with E-state index in [1.54, 1.807) is 6.92 Å². The lowest BCUT2D eigenvalue weighted by molar-refractivity contribution is -0.151. The second-order valence-corrected chi connectivity index (χ2v) is 5.09. The Balaban J connectivity index is 5.19. The van der Waals surface area contributed by atoms with Gasteiger partial charge in [-0.05, 0) is 27.2 Å². The van der Waals surface area contributed by atoms with Gasteiger partial charge in [-0.25, -0.2) is 0 Å². The third-order valence-corrected chi connectivity index (χ3v) is 3.58. The van der Waals surface area contributed by atoms with Gasteiger partial charge in [-0.3, -0.25) is 9.59 Å². The summed E-state index contributed by atoms with van der Waals surface area (Å²) in [6.07, 6.45) is 0.492. The topological polar surface area (TPSA) is 72.6 Å². The predicted molar refractivity (Wildman–Crippen MR) is 74.0 cm³/mol. The van der Waals surface area contributed by atoms with Gasteiger partial charge in [0.25, 0.3) is 0 Å². The van der Waals surface area contributed by atoms with Crippen LogP contribution in [-0.2, 0) is 14.3 Å². The van der Waals surface area contributed by atoms with Gasteiger partial charge in [0.05, 0.1) is 17.5 Å². The van der Waals surface area contributed by atoms with E-state index in [9.17, 15) is 9.59 Å². The molecule has 0 radical (unpaired) electrons. The van der Waals surface area contributed by atoms with E-state index in [1.165, 1.54) is 12.0 Å². The number of methoxy groups -OCH3 is 1. The molecule has 0 fully saturated rings. The highest BCUT2D eigenvalue weighted by Gasteiger charge is 2.39. The number of amides is 1. The van der Waals surface area contributed by atoms with Crippen molar-refractivity contribution in [1.82, 2.24) is 4.90 Å². The Labute approximate surface area is 114 Å². The van der Waals surface area contributed by atoms with Crippen LogP contribution in [0, 0.1) is 5.41 Å². The molecule has 0 aliphatic carbocycles. The van der Waals surface area contributed by atoms with Crippen LogP contribution in [0.3, 0.4) is 0 Å². The Morgan fingerprint density at radius 2 is 1.94 bits per heavy atom. The van der Waals surface area contributed by atoms with E-state index in [1.807, 2.05) is 20.8 Å². The van der Waals surface area contributed by atoms with Crippen molar-refractivity contribution >= 4 is 29.1 Å². The fraction of sp³-hybridized carbons (Fsp3) is 0.750. The van der Waals surface area contributed by atoms with Gasteiger partial charge >= 0.3 is 5.97 Å². The SMILES string of the molecule is CCC(C)(C(=O)N(CC(=O)OC)C(C)C)C(N)=S. The molecule has 1 amide bonds. The molecule has 18 heavy (non-hydrogen) atoms. The molecular weight excluding hydrogens is 252 g/mol. The smallest absolute Gasteiger partial charge is 0.325 e. The molecule has 0 spiro atoms. The Bertz CT molecular complexity index is 344. The van der Waals surface area contributed by atoms with Crippen LogP contribution in [0.25, 0.3) is 0 Å². The van der Waals surface area contributed by atoms with E-state index >= 15 is 0 Å². The van der Waals surface area contributed by atoms with Gasteiger partial charge in [0.2, 0.25) is 5.91 Å². The van der Waals surface area contributed by atoms with Gasteiger partial charge in [-0.1, -0.05) is 19.1 Å². The second kappa shape index (κ2) is 6.68. The highest BCUT2D eigenvalue weighted by molar-refractivity contribution is 7.80. The van der Waals surface area contributed by atoms with Crippen LogP contribution >= 0.6 is 12.2 Å². The van der Waals surface area contributed by atoms with Gasteiger partial charge in [0, 0.05) is 6.04 Å². The zero-order valence-electron chi connectivity index (χ0n) is 11.6. The first-order chi connectivity index (χ1) is 8.20. The minimum Gasteiger partial charge on any atom is -0.468 e. The summed E-state index contributed by atoms with van der Waals surface area (Å²) in [5.41, 5.74) is 4.73. The van der Waals surface area contributed by atoms with Gasteiger partial charge in [-0.15, -0.1) is 0 Å². The number of ether oxygens (including phenoxy) is 1. The van der Waals surface area contributed by atoms with E-state index in [0.717, 1.165) is 0 Å². The molecular formula is C12H22N2O3S. The molecule has 5 nitrogen and oxygen atoms in total. The maximum atomic E-state index is 12.5. The van der Waals surface area contributed by atoms with Crippen LogP contribution in [0.15, 0.2) is 0 Å². The molecule has 0 aliphatic rings. The minimum absolute atomic E-state index is 0.0921. The summed E-state index contributed by atoms with van der Waals surface area (Å²) < 4.78 is 4.59. The fourth-order valence-electron chi connectivity index (χ4n) is 1.44. The lowest BCUT2D eigenvalue weighted by Gasteiger charge is -2.34. The first-order valence-corrected chi connectivity index (χ1v) is 6.29. The molecule has 0 saturated heterocycles. The molecule has 0 aliphatic heterocycles. The molecule has 0 rings (SSSR count). The van der Waals surface area contributed by atoms with Crippen LogP contribution < -0.4 is 5.73 Å². The van der Waals surface area contributed by atoms with Crippen LogP contribution in [0.4, 0.5) is 0 Å². The third-order valence-electron chi connectivity index (χ3n) is 3.13. The maximum Gasteiger partial charge on any atom is 0.325 e. The van der Waals surface area contributed by atoms with Gasteiger partial charge < -0.3 is 15.4 Å². The van der Waals surface area contributed by atoms with Crippen molar-refractivity contribution in [2.24, 2.45) is 11.1 Å². The quantitative estimate of drug-likeness (QED) is 0.580.